The highest BCUT2D eigenvalue weighted by Crippen LogP contribution is 2.31. The number of halogens is 1. The minimum absolute atomic E-state index is 0.0576. The van der Waals surface area contributed by atoms with E-state index in [0.29, 0.717) is 18.0 Å². The van der Waals surface area contributed by atoms with Gasteiger partial charge in [-0.1, -0.05) is 13.3 Å². The van der Waals surface area contributed by atoms with Crippen molar-refractivity contribution in [3.63, 3.8) is 0 Å². The topological polar surface area (TPSA) is 44.5 Å². The molecule has 3 nitrogen and oxygen atoms in total. The molecule has 0 amide bonds. The Morgan fingerprint density at radius 1 is 1.29 bits per heavy atom. The van der Waals surface area contributed by atoms with Crippen molar-refractivity contribution in [3.8, 4) is 11.5 Å². The fourth-order valence-electron chi connectivity index (χ4n) is 1.60. The normalized spacial score (nSPS) is 12.2. The maximum absolute atomic E-state index is 13.4. The Morgan fingerprint density at radius 2 is 2.00 bits per heavy atom. The number of benzene rings is 1. The molecule has 0 heterocycles. The van der Waals surface area contributed by atoms with Crippen LogP contribution in [0.3, 0.4) is 0 Å². The van der Waals surface area contributed by atoms with Crippen LogP contribution < -0.4 is 15.2 Å². The van der Waals surface area contributed by atoms with Crippen LogP contribution in [0.2, 0.25) is 0 Å². The van der Waals surface area contributed by atoms with Gasteiger partial charge in [-0.3, -0.25) is 0 Å². The highest BCUT2D eigenvalue weighted by atomic mass is 19.1. The summed E-state index contributed by atoms with van der Waals surface area (Å²) in [4.78, 5) is 0. The minimum Gasteiger partial charge on any atom is -0.491 e. The Bertz CT molecular complexity index is 369. The van der Waals surface area contributed by atoms with Crippen molar-refractivity contribution in [3.05, 3.63) is 17.9 Å². The highest BCUT2D eigenvalue weighted by molar-refractivity contribution is 5.56. The van der Waals surface area contributed by atoms with E-state index in [-0.39, 0.29) is 11.9 Å². The second-order valence-electron chi connectivity index (χ2n) is 3.97. The quantitative estimate of drug-likeness (QED) is 0.776. The molecule has 1 atom stereocenters. The monoisotopic (exact) mass is 241 g/mol. The molecule has 0 aliphatic carbocycles. The Morgan fingerprint density at radius 3 is 2.59 bits per heavy atom. The van der Waals surface area contributed by atoms with Gasteiger partial charge >= 0.3 is 0 Å². The van der Waals surface area contributed by atoms with E-state index >= 15 is 0 Å². The lowest BCUT2D eigenvalue weighted by molar-refractivity contribution is 0.209. The predicted octanol–water partition coefficient (Wildman–Crippen LogP) is 3.37. The van der Waals surface area contributed by atoms with Crippen molar-refractivity contribution in [1.29, 1.82) is 0 Å². The first-order valence-electron chi connectivity index (χ1n) is 5.96. The summed E-state index contributed by atoms with van der Waals surface area (Å²) in [5.41, 5.74) is 6.01. The average Bonchev–Trinajstić information content (AvgIpc) is 2.25. The van der Waals surface area contributed by atoms with Crippen LogP contribution in [0.4, 0.5) is 10.1 Å². The molecule has 1 unspecified atom stereocenters. The third kappa shape index (κ3) is 3.80. The molecule has 0 bridgehead atoms. The first-order valence-corrected chi connectivity index (χ1v) is 5.96. The van der Waals surface area contributed by atoms with Crippen molar-refractivity contribution < 1.29 is 13.9 Å². The van der Waals surface area contributed by atoms with Gasteiger partial charge in [-0.05, 0) is 20.3 Å². The summed E-state index contributed by atoms with van der Waals surface area (Å²) in [5, 5.41) is 0. The predicted molar refractivity (Wildman–Crippen MR) is 67.0 cm³/mol. The molecule has 4 heteroatoms. The molecule has 17 heavy (non-hydrogen) atoms. The van der Waals surface area contributed by atoms with Crippen LogP contribution in [0.1, 0.15) is 33.6 Å². The zero-order valence-corrected chi connectivity index (χ0v) is 10.6. The van der Waals surface area contributed by atoms with E-state index in [9.17, 15) is 4.39 Å². The minimum atomic E-state index is -0.458. The third-order valence-electron chi connectivity index (χ3n) is 2.39. The summed E-state index contributed by atoms with van der Waals surface area (Å²) in [7, 11) is 0. The van der Waals surface area contributed by atoms with Gasteiger partial charge in [0, 0.05) is 12.1 Å². The Balaban J connectivity index is 2.87. The molecule has 96 valence electrons. The van der Waals surface area contributed by atoms with Crippen molar-refractivity contribution in [2.45, 2.75) is 39.7 Å². The molecule has 1 aromatic carbocycles. The molecule has 2 N–H and O–H groups in total. The van der Waals surface area contributed by atoms with Crippen molar-refractivity contribution in [1.82, 2.24) is 0 Å². The molecular formula is C13H20FNO2. The van der Waals surface area contributed by atoms with Crippen LogP contribution in [0.15, 0.2) is 12.1 Å². The van der Waals surface area contributed by atoms with E-state index in [0.717, 1.165) is 12.8 Å². The summed E-state index contributed by atoms with van der Waals surface area (Å²) < 4.78 is 24.3. The van der Waals surface area contributed by atoms with Crippen LogP contribution in [-0.2, 0) is 0 Å². The SMILES string of the molecule is CCCC(C)Oc1cc(OCC)c(F)cc1N. The first kappa shape index (κ1) is 13.6. The first-order chi connectivity index (χ1) is 8.08. The summed E-state index contributed by atoms with van der Waals surface area (Å²) in [6, 6.07) is 2.75. The standard InChI is InChI=1S/C13H20FNO2/c1-4-6-9(3)17-13-8-12(16-5-2)10(14)7-11(13)15/h7-9H,4-6,15H2,1-3H3. The number of hydrogen-bond acceptors (Lipinski definition) is 3. The average molecular weight is 241 g/mol. The number of nitrogens with two attached hydrogens (primary N) is 1. The van der Waals surface area contributed by atoms with Gasteiger partial charge < -0.3 is 15.2 Å². The highest BCUT2D eigenvalue weighted by Gasteiger charge is 2.12. The molecule has 0 saturated heterocycles. The maximum atomic E-state index is 13.4. The largest absolute Gasteiger partial charge is 0.491 e. The van der Waals surface area contributed by atoms with Gasteiger partial charge in [0.05, 0.1) is 18.4 Å². The molecule has 0 aliphatic heterocycles. The molecule has 0 radical (unpaired) electrons. The summed E-state index contributed by atoms with van der Waals surface area (Å²) in [5.74, 6) is 0.205. The fraction of sp³-hybridized carbons (Fsp3) is 0.538. The number of nitrogen functional groups attached to an aromatic ring is 1. The fourth-order valence-corrected chi connectivity index (χ4v) is 1.60. The lowest BCUT2D eigenvalue weighted by Gasteiger charge is -2.16. The Labute approximate surface area is 102 Å². The number of rotatable bonds is 6. The molecular weight excluding hydrogens is 221 g/mol. The second kappa shape index (κ2) is 6.33. The van der Waals surface area contributed by atoms with Crippen LogP contribution in [-0.4, -0.2) is 12.7 Å². The molecule has 0 fully saturated rings. The molecule has 0 spiro atoms. The molecule has 0 aromatic heterocycles. The number of anilines is 1. The van der Waals surface area contributed by atoms with Gasteiger partial charge in [-0.15, -0.1) is 0 Å². The lowest BCUT2D eigenvalue weighted by Crippen LogP contribution is -2.12. The molecule has 1 aromatic rings. The number of hydrogen-bond donors (Lipinski definition) is 1. The van der Waals surface area contributed by atoms with Crippen molar-refractivity contribution in [2.24, 2.45) is 0 Å². The van der Waals surface area contributed by atoms with Crippen LogP contribution >= 0.6 is 0 Å². The third-order valence-corrected chi connectivity index (χ3v) is 2.39. The Kier molecular flexibility index (Phi) is 5.07. The zero-order chi connectivity index (χ0) is 12.8. The van der Waals surface area contributed by atoms with Crippen LogP contribution in [0, 0.1) is 5.82 Å². The number of ether oxygens (including phenoxy) is 2. The van der Waals surface area contributed by atoms with Gasteiger partial charge in [0.15, 0.2) is 11.6 Å². The van der Waals surface area contributed by atoms with E-state index in [1.165, 1.54) is 12.1 Å². The van der Waals surface area contributed by atoms with Gasteiger partial charge in [-0.2, -0.15) is 0 Å². The van der Waals surface area contributed by atoms with E-state index in [1.807, 2.05) is 6.92 Å². The lowest BCUT2D eigenvalue weighted by atomic mass is 10.2. The molecule has 0 aliphatic rings. The van der Waals surface area contributed by atoms with Gasteiger partial charge in [0.25, 0.3) is 0 Å². The van der Waals surface area contributed by atoms with Crippen LogP contribution in [0.25, 0.3) is 0 Å². The maximum Gasteiger partial charge on any atom is 0.167 e. The van der Waals surface area contributed by atoms with Gasteiger partial charge in [0.2, 0.25) is 0 Å². The van der Waals surface area contributed by atoms with Crippen molar-refractivity contribution >= 4 is 5.69 Å². The van der Waals surface area contributed by atoms with E-state index in [4.69, 9.17) is 15.2 Å². The van der Waals surface area contributed by atoms with E-state index < -0.39 is 5.82 Å². The van der Waals surface area contributed by atoms with Gasteiger partial charge in [-0.25, -0.2) is 4.39 Å². The van der Waals surface area contributed by atoms with E-state index in [1.54, 1.807) is 6.92 Å². The zero-order valence-electron chi connectivity index (χ0n) is 10.6. The molecule has 1 rings (SSSR count). The van der Waals surface area contributed by atoms with Crippen molar-refractivity contribution in [2.75, 3.05) is 12.3 Å². The van der Waals surface area contributed by atoms with Gasteiger partial charge in [0.1, 0.15) is 5.75 Å². The summed E-state index contributed by atoms with van der Waals surface area (Å²) in [6.45, 7) is 6.26. The van der Waals surface area contributed by atoms with Crippen LogP contribution in [0.5, 0.6) is 11.5 Å². The summed E-state index contributed by atoms with van der Waals surface area (Å²) >= 11 is 0. The Hall–Kier alpha value is -1.45. The smallest absolute Gasteiger partial charge is 0.167 e. The summed E-state index contributed by atoms with van der Waals surface area (Å²) in [6.07, 6.45) is 2.02. The second-order valence-corrected chi connectivity index (χ2v) is 3.97. The molecule has 0 saturated carbocycles. The van der Waals surface area contributed by atoms with E-state index in [2.05, 4.69) is 6.92 Å².